The Morgan fingerprint density at radius 3 is 2.75 bits per heavy atom. The fraction of sp³-hybridized carbons (Fsp3) is 0.727. The molecule has 2 rings (SSSR count). The molecule has 0 amide bonds. The summed E-state index contributed by atoms with van der Waals surface area (Å²) in [6.07, 6.45) is 10.4. The predicted octanol–water partition coefficient (Wildman–Crippen LogP) is 0.339. The van der Waals surface area contributed by atoms with Gasteiger partial charge in [-0.05, 0) is 69.6 Å². The summed E-state index contributed by atoms with van der Waals surface area (Å²) in [5, 5.41) is 20.7. The van der Waals surface area contributed by atoms with Crippen LogP contribution in [0.3, 0.4) is 0 Å². The number of fused-ring (bicyclic) bond motifs is 1. The second-order valence-electron chi connectivity index (χ2n) is 8.44. The third-order valence-corrected chi connectivity index (χ3v) is 7.16. The second kappa shape index (κ2) is 12.1. The van der Waals surface area contributed by atoms with Crippen LogP contribution in [0.4, 0.5) is 0 Å². The molecule has 2 aliphatic carbocycles. The van der Waals surface area contributed by atoms with Gasteiger partial charge in [0.05, 0.1) is 12.2 Å². The topological polar surface area (TPSA) is 80.6 Å². The Bertz CT molecular complexity index is 657. The Labute approximate surface area is 192 Å². The Hall–Kier alpha value is 0.150. The van der Waals surface area contributed by atoms with Crippen molar-refractivity contribution in [2.24, 2.45) is 23.7 Å². The molecule has 2 saturated carbocycles. The van der Waals surface area contributed by atoms with Crippen LogP contribution in [0, 0.1) is 35.5 Å². The van der Waals surface area contributed by atoms with Crippen LogP contribution in [-0.2, 0) is 4.57 Å². The van der Waals surface area contributed by atoms with Gasteiger partial charge in [0.2, 0.25) is 0 Å². The van der Waals surface area contributed by atoms with E-state index in [4.69, 9.17) is 0 Å². The van der Waals surface area contributed by atoms with Crippen LogP contribution in [0.2, 0.25) is 0 Å². The third-order valence-electron chi connectivity index (χ3n) is 6.03. The van der Waals surface area contributed by atoms with Gasteiger partial charge in [0, 0.05) is 19.7 Å². The van der Waals surface area contributed by atoms with Crippen molar-refractivity contribution < 1.29 is 49.2 Å². The number of aliphatic hydroxyl groups is 2. The Morgan fingerprint density at radius 2 is 2.11 bits per heavy atom. The maximum Gasteiger partial charge on any atom is 1.00 e. The van der Waals surface area contributed by atoms with Gasteiger partial charge in [-0.25, -0.2) is 0 Å². The minimum absolute atomic E-state index is 0. The van der Waals surface area contributed by atoms with Gasteiger partial charge < -0.3 is 19.7 Å². The smallest absolute Gasteiger partial charge is 0.799 e. The quantitative estimate of drug-likeness (QED) is 0.197. The van der Waals surface area contributed by atoms with Crippen molar-refractivity contribution in [3.63, 3.8) is 0 Å². The standard InChI is InChI=1S/C22H35O4P.Na/c1-4-5-8-16(2)21(23)11-10-19-20-14-17(13-18(20)15-22(19)24)9-6-7-12-27(3,25)26;/h9-11,16,18-24H,6-8,12-15H2,1-3H3,(H,25,26);/q;+1/p-1/b11-10+,17-9+;/t16?,18?,19-,20+,21?,22-;/m1./s1. The van der Waals surface area contributed by atoms with Crippen LogP contribution < -0.4 is 34.5 Å². The van der Waals surface area contributed by atoms with Crippen LogP contribution in [-0.4, -0.2) is 35.2 Å². The van der Waals surface area contributed by atoms with E-state index in [0.29, 0.717) is 24.7 Å². The van der Waals surface area contributed by atoms with Crippen molar-refractivity contribution in [1.29, 1.82) is 0 Å². The molecule has 7 atom stereocenters. The van der Waals surface area contributed by atoms with E-state index in [1.165, 1.54) is 12.2 Å². The number of rotatable bonds is 8. The number of aliphatic hydroxyl groups excluding tert-OH is 2. The van der Waals surface area contributed by atoms with Gasteiger partial charge in [0.25, 0.3) is 0 Å². The average molecular weight is 416 g/mol. The molecule has 0 spiro atoms. The molecule has 0 bridgehead atoms. The summed E-state index contributed by atoms with van der Waals surface area (Å²) >= 11 is 0. The molecule has 28 heavy (non-hydrogen) atoms. The molecule has 0 heterocycles. The van der Waals surface area contributed by atoms with E-state index >= 15 is 0 Å². The third kappa shape index (κ3) is 8.11. The average Bonchev–Trinajstić information content (AvgIpc) is 3.10. The molecular weight excluding hydrogens is 382 g/mol. The molecule has 2 N–H and O–H groups in total. The largest absolute Gasteiger partial charge is 1.00 e. The summed E-state index contributed by atoms with van der Waals surface area (Å²) in [6, 6.07) is 0. The Balaban J connectivity index is 0.00000392. The first-order valence-electron chi connectivity index (χ1n) is 10.1. The first-order valence-corrected chi connectivity index (χ1v) is 12.4. The molecule has 0 aromatic heterocycles. The summed E-state index contributed by atoms with van der Waals surface area (Å²) in [5.41, 5.74) is 1.40. The summed E-state index contributed by atoms with van der Waals surface area (Å²) in [7, 11) is -3.15. The summed E-state index contributed by atoms with van der Waals surface area (Å²) in [5.74, 6) is 6.96. The summed E-state index contributed by atoms with van der Waals surface area (Å²) < 4.78 is 11.2. The van der Waals surface area contributed by atoms with Gasteiger partial charge >= 0.3 is 29.6 Å². The number of allylic oxidation sites excluding steroid dienone is 2. The van der Waals surface area contributed by atoms with Crippen LogP contribution in [0.15, 0.2) is 23.8 Å². The molecule has 2 aliphatic rings. The van der Waals surface area contributed by atoms with Crippen molar-refractivity contribution in [3.05, 3.63) is 23.8 Å². The minimum Gasteiger partial charge on any atom is -0.799 e. The van der Waals surface area contributed by atoms with Crippen molar-refractivity contribution in [2.45, 2.75) is 64.6 Å². The maximum atomic E-state index is 11.2. The first-order chi connectivity index (χ1) is 12.7. The fourth-order valence-electron chi connectivity index (χ4n) is 4.44. The molecule has 6 heteroatoms. The van der Waals surface area contributed by atoms with Gasteiger partial charge in [-0.2, -0.15) is 0 Å². The molecule has 152 valence electrons. The van der Waals surface area contributed by atoms with Gasteiger partial charge in [-0.15, -0.1) is 11.8 Å². The zero-order valence-corrected chi connectivity index (χ0v) is 20.7. The van der Waals surface area contributed by atoms with Gasteiger partial charge in [-0.3, -0.25) is 0 Å². The van der Waals surface area contributed by atoms with Crippen molar-refractivity contribution in [3.8, 4) is 11.8 Å². The second-order valence-corrected chi connectivity index (χ2v) is 10.9. The van der Waals surface area contributed by atoms with E-state index in [9.17, 15) is 19.7 Å². The molecule has 0 aromatic rings. The fourth-order valence-corrected chi connectivity index (χ4v) is 5.20. The van der Waals surface area contributed by atoms with Crippen LogP contribution in [0.5, 0.6) is 0 Å². The van der Waals surface area contributed by atoms with E-state index in [0.717, 1.165) is 25.7 Å². The van der Waals surface area contributed by atoms with E-state index in [-0.39, 0.29) is 53.7 Å². The van der Waals surface area contributed by atoms with Crippen molar-refractivity contribution in [2.75, 3.05) is 12.8 Å². The molecule has 4 nitrogen and oxygen atoms in total. The number of hydrogen-bond acceptors (Lipinski definition) is 4. The normalized spacial score (nSPS) is 32.3. The number of unbranched alkanes of at least 4 members (excludes halogenated alkanes) is 1. The van der Waals surface area contributed by atoms with E-state index in [1.807, 2.05) is 19.1 Å². The van der Waals surface area contributed by atoms with Crippen LogP contribution >= 0.6 is 7.37 Å². The molecule has 0 radical (unpaired) electrons. The van der Waals surface area contributed by atoms with Crippen LogP contribution in [0.1, 0.15) is 52.4 Å². The molecular formula is C22H34NaO4P. The molecule has 0 aliphatic heterocycles. The molecule has 4 unspecified atom stereocenters. The molecule has 0 saturated heterocycles. The SMILES string of the molecule is CC#CCC(C)C(O)/C=C/[C@H]1[C@H](O)CC2C/C(=C\CCCP(C)(=O)[O-])C[C@@H]21.[Na+]. The van der Waals surface area contributed by atoms with E-state index in [2.05, 4.69) is 17.9 Å². The Kier molecular flexibility index (Phi) is 11.3. The van der Waals surface area contributed by atoms with Gasteiger partial charge in [-0.1, -0.05) is 30.7 Å². The van der Waals surface area contributed by atoms with Crippen molar-refractivity contribution in [1.82, 2.24) is 0 Å². The number of hydrogen-bond donors (Lipinski definition) is 2. The van der Waals surface area contributed by atoms with E-state index in [1.54, 1.807) is 6.92 Å². The van der Waals surface area contributed by atoms with E-state index < -0.39 is 13.5 Å². The first kappa shape index (κ1) is 26.2. The monoisotopic (exact) mass is 416 g/mol. The zero-order valence-electron chi connectivity index (χ0n) is 17.8. The maximum absolute atomic E-state index is 11.2. The van der Waals surface area contributed by atoms with Gasteiger partial charge in [0.1, 0.15) is 0 Å². The predicted molar refractivity (Wildman–Crippen MR) is 108 cm³/mol. The van der Waals surface area contributed by atoms with Gasteiger partial charge in [0.15, 0.2) is 0 Å². The summed E-state index contributed by atoms with van der Waals surface area (Å²) in [6.45, 7) is 5.10. The summed E-state index contributed by atoms with van der Waals surface area (Å²) in [4.78, 5) is 11.2. The minimum atomic E-state index is -3.15. The molecule has 2 fully saturated rings. The van der Waals surface area contributed by atoms with Crippen molar-refractivity contribution >= 4 is 7.37 Å². The van der Waals surface area contributed by atoms with Crippen LogP contribution in [0.25, 0.3) is 0 Å². The Morgan fingerprint density at radius 1 is 1.39 bits per heavy atom. The molecule has 0 aromatic carbocycles. The zero-order chi connectivity index (χ0) is 20.0.